The van der Waals surface area contributed by atoms with E-state index in [0.29, 0.717) is 0 Å². The molecular formula is C2H7NTa5. The summed E-state index contributed by atoms with van der Waals surface area (Å²) < 4.78 is 0. The quantitative estimate of drug-likeness (QED) is 0.356. The third kappa shape index (κ3) is 54.1. The second-order valence-electron chi connectivity index (χ2n) is 0.500. The number of nitrogens with one attached hydrogen (secondary N) is 1. The first-order valence-corrected chi connectivity index (χ1v) is 1.00. The fourth-order valence-electron chi connectivity index (χ4n) is 0. The Hall–Kier alpha value is 3.66. The van der Waals surface area contributed by atoms with Gasteiger partial charge < -0.3 is 5.32 Å². The molecule has 0 saturated carbocycles. The molecule has 1 nitrogen and oxygen atoms in total. The summed E-state index contributed by atoms with van der Waals surface area (Å²) in [5.74, 6) is 0. The molecule has 45 valence electrons. The van der Waals surface area contributed by atoms with Crippen molar-refractivity contribution in [3.05, 3.63) is 0 Å². The zero-order valence-corrected chi connectivity index (χ0v) is 20.8. The van der Waals surface area contributed by atoms with Crippen molar-refractivity contribution < 1.29 is 112 Å². The third-order valence-corrected chi connectivity index (χ3v) is 0. The van der Waals surface area contributed by atoms with Crippen LogP contribution in [-0.4, -0.2) is 14.1 Å². The third-order valence-electron chi connectivity index (χ3n) is 0. The van der Waals surface area contributed by atoms with Crippen LogP contribution >= 0.6 is 0 Å². The molecule has 0 amide bonds. The molecule has 6 heteroatoms. The molecule has 0 aliphatic carbocycles. The molecule has 1 N–H and O–H groups in total. The van der Waals surface area contributed by atoms with Crippen LogP contribution in [0.3, 0.4) is 0 Å². The number of rotatable bonds is 0. The predicted molar refractivity (Wildman–Crippen MR) is 15.0 cm³/mol. The van der Waals surface area contributed by atoms with Gasteiger partial charge in [-0.25, -0.2) is 0 Å². The van der Waals surface area contributed by atoms with Gasteiger partial charge in [-0.05, 0) is 14.1 Å². The Morgan fingerprint density at radius 3 is 0.625 bits per heavy atom. The first-order chi connectivity index (χ1) is 1.41. The van der Waals surface area contributed by atoms with E-state index in [1.54, 1.807) is 0 Å². The number of hydrogen-bond donors (Lipinski definition) is 1. The van der Waals surface area contributed by atoms with Gasteiger partial charge in [-0.15, -0.1) is 0 Å². The van der Waals surface area contributed by atoms with Gasteiger partial charge in [0.2, 0.25) is 0 Å². The smallest absolute Gasteiger partial charge is 0 e. The molecule has 0 saturated heterocycles. The molecule has 0 bridgehead atoms. The van der Waals surface area contributed by atoms with Gasteiger partial charge in [-0.3, -0.25) is 0 Å². The normalized spacial score (nSPS) is 2.25. The van der Waals surface area contributed by atoms with Gasteiger partial charge in [0.05, 0.1) is 0 Å². The Morgan fingerprint density at radius 2 is 0.625 bits per heavy atom. The maximum atomic E-state index is 2.75. The van der Waals surface area contributed by atoms with Crippen molar-refractivity contribution in [2.24, 2.45) is 0 Å². The van der Waals surface area contributed by atoms with E-state index in [-0.39, 0.29) is 112 Å². The largest absolute Gasteiger partial charge is 0.323 e. The van der Waals surface area contributed by atoms with Crippen LogP contribution in [0.2, 0.25) is 0 Å². The van der Waals surface area contributed by atoms with Crippen molar-refractivity contribution in [2.45, 2.75) is 0 Å². The molecular weight excluding hydrogens is 943 g/mol. The van der Waals surface area contributed by atoms with Gasteiger partial charge in [0.25, 0.3) is 0 Å². The van der Waals surface area contributed by atoms with Crippen LogP contribution in [0.15, 0.2) is 0 Å². The molecule has 0 aromatic heterocycles. The molecule has 0 aliphatic rings. The van der Waals surface area contributed by atoms with Crippen LogP contribution in [0.5, 0.6) is 0 Å². The summed E-state index contributed by atoms with van der Waals surface area (Å²) in [5, 5.41) is 2.75. The minimum Gasteiger partial charge on any atom is -0.323 e. The topological polar surface area (TPSA) is 12.0 Å². The van der Waals surface area contributed by atoms with E-state index in [9.17, 15) is 0 Å². The molecule has 0 atom stereocenters. The van der Waals surface area contributed by atoms with E-state index in [2.05, 4.69) is 5.32 Å². The summed E-state index contributed by atoms with van der Waals surface area (Å²) in [6, 6.07) is 0. The van der Waals surface area contributed by atoms with Crippen LogP contribution in [0.4, 0.5) is 0 Å². The van der Waals surface area contributed by atoms with Gasteiger partial charge in [0, 0.05) is 112 Å². The average Bonchev–Trinajstić information content (AvgIpc) is 0.918. The van der Waals surface area contributed by atoms with Crippen molar-refractivity contribution >= 4 is 0 Å². The molecule has 0 fully saturated rings. The maximum absolute atomic E-state index is 2.75. The molecule has 0 aromatic rings. The van der Waals surface area contributed by atoms with Gasteiger partial charge >= 0.3 is 0 Å². The van der Waals surface area contributed by atoms with Crippen LogP contribution in [0.25, 0.3) is 0 Å². The van der Waals surface area contributed by atoms with Crippen LogP contribution in [-0.2, 0) is 112 Å². The zero-order valence-electron chi connectivity index (χ0n) is 4.74. The molecule has 5 radical (unpaired) electrons. The van der Waals surface area contributed by atoms with E-state index < -0.39 is 0 Å². The summed E-state index contributed by atoms with van der Waals surface area (Å²) in [5.41, 5.74) is 0. The minimum absolute atomic E-state index is 0. The molecule has 0 aliphatic heterocycles. The van der Waals surface area contributed by atoms with E-state index >= 15 is 0 Å². The second-order valence-corrected chi connectivity index (χ2v) is 0.500. The summed E-state index contributed by atoms with van der Waals surface area (Å²) in [6.45, 7) is 0. The molecule has 0 heterocycles. The van der Waals surface area contributed by atoms with Crippen LogP contribution < -0.4 is 5.32 Å². The SMILES string of the molecule is CNC.[Ta].[Ta].[Ta].[Ta].[Ta]. The second kappa shape index (κ2) is 45.8. The Bertz CT molecular complexity index is 10.4. The fraction of sp³-hybridized carbons (Fsp3) is 1.00. The van der Waals surface area contributed by atoms with E-state index in [0.717, 1.165) is 0 Å². The van der Waals surface area contributed by atoms with Crippen molar-refractivity contribution in [3.8, 4) is 0 Å². The first kappa shape index (κ1) is 41.4. The number of hydrogen-bond acceptors (Lipinski definition) is 1. The molecule has 0 rings (SSSR count). The van der Waals surface area contributed by atoms with E-state index in [1.807, 2.05) is 14.1 Å². The molecule has 0 aromatic carbocycles. The zero-order chi connectivity index (χ0) is 2.71. The Balaban J connectivity index is -0.00000000200. The standard InChI is InChI=1S/C2H7N.5Ta/c1-3-2;;;;;/h3H,1-2H3;;;;;. The summed E-state index contributed by atoms with van der Waals surface area (Å²) in [7, 11) is 3.75. The van der Waals surface area contributed by atoms with Crippen LogP contribution in [0.1, 0.15) is 0 Å². The van der Waals surface area contributed by atoms with E-state index in [1.165, 1.54) is 0 Å². The minimum atomic E-state index is 0. The van der Waals surface area contributed by atoms with Crippen molar-refractivity contribution in [1.82, 2.24) is 5.32 Å². The van der Waals surface area contributed by atoms with Gasteiger partial charge in [-0.1, -0.05) is 0 Å². The Morgan fingerprint density at radius 1 is 0.625 bits per heavy atom. The van der Waals surface area contributed by atoms with E-state index in [4.69, 9.17) is 0 Å². The monoisotopic (exact) mass is 950 g/mol. The Kier molecular flexibility index (Phi) is 237. The Labute approximate surface area is 129 Å². The maximum Gasteiger partial charge on any atom is 0 e. The van der Waals surface area contributed by atoms with Gasteiger partial charge in [0.1, 0.15) is 0 Å². The molecule has 8 heavy (non-hydrogen) atoms. The van der Waals surface area contributed by atoms with Crippen molar-refractivity contribution in [2.75, 3.05) is 14.1 Å². The molecule has 0 spiro atoms. The van der Waals surface area contributed by atoms with Crippen molar-refractivity contribution in [1.29, 1.82) is 0 Å². The van der Waals surface area contributed by atoms with Gasteiger partial charge in [-0.2, -0.15) is 0 Å². The fourth-order valence-corrected chi connectivity index (χ4v) is 0. The average molecular weight is 950 g/mol. The van der Waals surface area contributed by atoms with Crippen LogP contribution in [0, 0.1) is 0 Å². The first-order valence-electron chi connectivity index (χ1n) is 1.00. The predicted octanol–water partition coefficient (Wildman–Crippen LogP) is -0.177. The summed E-state index contributed by atoms with van der Waals surface area (Å²) in [6.07, 6.45) is 0. The van der Waals surface area contributed by atoms with Crippen molar-refractivity contribution in [3.63, 3.8) is 0 Å². The summed E-state index contributed by atoms with van der Waals surface area (Å²) in [4.78, 5) is 0. The summed E-state index contributed by atoms with van der Waals surface area (Å²) >= 11 is 0. The molecule has 0 unspecified atom stereocenters. The van der Waals surface area contributed by atoms with Gasteiger partial charge in [0.15, 0.2) is 0 Å².